The predicted molar refractivity (Wildman–Crippen MR) is 77.6 cm³/mol. The van der Waals surface area contributed by atoms with Gasteiger partial charge in [-0.2, -0.15) is 0 Å². The molecule has 6 heteroatoms. The van der Waals surface area contributed by atoms with E-state index in [1.807, 2.05) is 13.8 Å². The molecule has 0 spiro atoms. The summed E-state index contributed by atoms with van der Waals surface area (Å²) in [4.78, 5) is 32.5. The number of carbonyl (C=O) groups is 2. The Balaban J connectivity index is 1.90. The number of fused-ring (bicyclic) bond motifs is 1. The van der Waals surface area contributed by atoms with Gasteiger partial charge in [-0.25, -0.2) is 4.98 Å². The third kappa shape index (κ3) is 2.16. The maximum atomic E-state index is 12.3. The summed E-state index contributed by atoms with van der Waals surface area (Å²) < 4.78 is 0. The van der Waals surface area contributed by atoms with Crippen molar-refractivity contribution in [3.63, 3.8) is 0 Å². The van der Waals surface area contributed by atoms with E-state index < -0.39 is 0 Å². The lowest BCUT2D eigenvalue weighted by atomic mass is 9.94. The van der Waals surface area contributed by atoms with Gasteiger partial charge in [-0.05, 0) is 32.3 Å². The number of H-pyrrole nitrogens is 1. The smallest absolute Gasteiger partial charge is 0.274 e. The summed E-state index contributed by atoms with van der Waals surface area (Å²) in [6, 6.07) is 0. The Labute approximate surface area is 120 Å². The second-order valence-corrected chi connectivity index (χ2v) is 6.22. The van der Waals surface area contributed by atoms with Crippen LogP contribution in [0.5, 0.6) is 0 Å². The minimum atomic E-state index is -0.237. The number of nitrogens with one attached hydrogen (secondary N) is 2. The second-order valence-electron chi connectivity index (χ2n) is 4.99. The highest BCUT2D eigenvalue weighted by Gasteiger charge is 2.26. The number of rotatable bonds is 2. The van der Waals surface area contributed by atoms with Crippen molar-refractivity contribution in [2.45, 2.75) is 33.1 Å². The first kappa shape index (κ1) is 13.1. The molecule has 1 aliphatic rings. The third-order valence-electron chi connectivity index (χ3n) is 3.51. The monoisotopic (exact) mass is 289 g/mol. The fourth-order valence-electron chi connectivity index (χ4n) is 2.57. The van der Waals surface area contributed by atoms with Gasteiger partial charge in [0.05, 0.1) is 0 Å². The number of carbonyl (C=O) groups excluding carboxylic acids is 2. The van der Waals surface area contributed by atoms with Gasteiger partial charge < -0.3 is 4.98 Å². The highest BCUT2D eigenvalue weighted by Crippen LogP contribution is 2.27. The van der Waals surface area contributed by atoms with Crippen LogP contribution in [-0.2, 0) is 6.42 Å². The average molecular weight is 289 g/mol. The first-order chi connectivity index (χ1) is 9.56. The van der Waals surface area contributed by atoms with Crippen molar-refractivity contribution in [1.29, 1.82) is 0 Å². The minimum absolute atomic E-state index is 0.129. The van der Waals surface area contributed by atoms with Gasteiger partial charge in [0.25, 0.3) is 5.91 Å². The number of aromatic amines is 1. The molecule has 2 heterocycles. The average Bonchev–Trinajstić information content (AvgIpc) is 2.95. The summed E-state index contributed by atoms with van der Waals surface area (Å²) in [6.45, 7) is 3.76. The van der Waals surface area contributed by atoms with Crippen molar-refractivity contribution in [1.82, 2.24) is 9.97 Å². The first-order valence-corrected chi connectivity index (χ1v) is 7.36. The van der Waals surface area contributed by atoms with E-state index in [2.05, 4.69) is 15.3 Å². The van der Waals surface area contributed by atoms with Crippen molar-refractivity contribution in [2.24, 2.45) is 0 Å². The first-order valence-electron chi connectivity index (χ1n) is 6.54. The number of aryl methyl sites for hydroxylation is 2. The molecule has 0 radical (unpaired) electrons. The lowest BCUT2D eigenvalue weighted by Crippen LogP contribution is -2.13. The summed E-state index contributed by atoms with van der Waals surface area (Å²) in [6.07, 6.45) is 3.96. The van der Waals surface area contributed by atoms with E-state index in [0.717, 1.165) is 29.0 Å². The summed E-state index contributed by atoms with van der Waals surface area (Å²) in [5, 5.41) is 3.34. The molecule has 104 valence electrons. The normalized spacial score (nSPS) is 14.2. The second kappa shape index (κ2) is 4.86. The SMILES string of the molecule is Cc1cnc(NC(=O)c2[nH]c3c(c2C)C(=O)CCC3)s1. The maximum Gasteiger partial charge on any atom is 0.274 e. The van der Waals surface area contributed by atoms with Gasteiger partial charge in [0.15, 0.2) is 10.9 Å². The molecule has 0 unspecified atom stereocenters. The number of nitrogens with zero attached hydrogens (tertiary/aromatic N) is 1. The van der Waals surface area contributed by atoms with Crippen LogP contribution in [0.2, 0.25) is 0 Å². The van der Waals surface area contributed by atoms with Crippen LogP contribution in [-0.4, -0.2) is 21.7 Å². The third-order valence-corrected chi connectivity index (χ3v) is 4.33. The lowest BCUT2D eigenvalue weighted by molar-refractivity contribution is 0.0971. The molecule has 0 bridgehead atoms. The van der Waals surface area contributed by atoms with Crippen LogP contribution in [0.1, 0.15) is 49.8 Å². The summed E-state index contributed by atoms with van der Waals surface area (Å²) in [5.74, 6) is -0.108. The van der Waals surface area contributed by atoms with E-state index >= 15 is 0 Å². The Hall–Kier alpha value is -1.95. The zero-order valence-electron chi connectivity index (χ0n) is 11.4. The van der Waals surface area contributed by atoms with Gasteiger partial charge in [-0.1, -0.05) is 0 Å². The van der Waals surface area contributed by atoms with Crippen LogP contribution in [0, 0.1) is 13.8 Å². The zero-order chi connectivity index (χ0) is 14.3. The number of amides is 1. The molecule has 1 aliphatic carbocycles. The van der Waals surface area contributed by atoms with Crippen LogP contribution in [0.25, 0.3) is 0 Å². The number of thiazole rings is 1. The topological polar surface area (TPSA) is 74.8 Å². The molecular formula is C14H15N3O2S. The van der Waals surface area contributed by atoms with E-state index in [-0.39, 0.29) is 11.7 Å². The van der Waals surface area contributed by atoms with Crippen LogP contribution in [0.4, 0.5) is 5.13 Å². The molecule has 3 rings (SSSR count). The van der Waals surface area contributed by atoms with E-state index in [9.17, 15) is 9.59 Å². The van der Waals surface area contributed by atoms with Crippen LogP contribution in [0.3, 0.4) is 0 Å². The van der Waals surface area contributed by atoms with Gasteiger partial charge in [-0.3, -0.25) is 14.9 Å². The Kier molecular flexibility index (Phi) is 3.17. The summed E-state index contributed by atoms with van der Waals surface area (Å²) in [5.41, 5.74) is 2.81. The van der Waals surface area contributed by atoms with Crippen LogP contribution >= 0.6 is 11.3 Å². The number of Topliss-reactive ketones (excluding diaryl/α,β-unsaturated/α-hetero) is 1. The number of aromatic nitrogens is 2. The number of hydrogen-bond donors (Lipinski definition) is 2. The fraction of sp³-hybridized carbons (Fsp3) is 0.357. The Bertz CT molecular complexity index is 699. The van der Waals surface area contributed by atoms with Crippen molar-refractivity contribution in [2.75, 3.05) is 5.32 Å². The van der Waals surface area contributed by atoms with Gasteiger partial charge in [-0.15, -0.1) is 11.3 Å². The number of ketones is 1. The number of anilines is 1. The van der Waals surface area contributed by atoms with E-state index in [0.29, 0.717) is 22.8 Å². The molecule has 2 aromatic rings. The molecule has 0 saturated carbocycles. The summed E-state index contributed by atoms with van der Waals surface area (Å²) in [7, 11) is 0. The van der Waals surface area contributed by atoms with Gasteiger partial charge in [0, 0.05) is 28.8 Å². The molecule has 20 heavy (non-hydrogen) atoms. The Morgan fingerprint density at radius 1 is 1.40 bits per heavy atom. The quantitative estimate of drug-likeness (QED) is 0.892. The fourth-order valence-corrected chi connectivity index (χ4v) is 3.23. The van der Waals surface area contributed by atoms with Crippen molar-refractivity contribution < 1.29 is 9.59 Å². The molecule has 0 fully saturated rings. The standard InChI is InChI=1S/C14H15N3O2S/c1-7-6-15-14(20-7)17-13(19)12-8(2)11-9(16-12)4-3-5-10(11)18/h6,16H,3-5H2,1-2H3,(H,15,17,19). The van der Waals surface area contributed by atoms with Crippen molar-refractivity contribution >= 4 is 28.2 Å². The lowest BCUT2D eigenvalue weighted by Gasteiger charge is -2.09. The van der Waals surface area contributed by atoms with Crippen molar-refractivity contribution in [3.05, 3.63) is 33.6 Å². The zero-order valence-corrected chi connectivity index (χ0v) is 12.2. The molecule has 0 atom stereocenters. The van der Waals surface area contributed by atoms with Gasteiger partial charge >= 0.3 is 0 Å². The molecule has 0 aromatic carbocycles. The highest BCUT2D eigenvalue weighted by molar-refractivity contribution is 7.15. The Morgan fingerprint density at radius 3 is 2.85 bits per heavy atom. The van der Waals surface area contributed by atoms with Crippen LogP contribution < -0.4 is 5.32 Å². The highest BCUT2D eigenvalue weighted by atomic mass is 32.1. The van der Waals surface area contributed by atoms with E-state index in [1.54, 1.807) is 6.20 Å². The summed E-state index contributed by atoms with van der Waals surface area (Å²) >= 11 is 1.43. The molecule has 2 N–H and O–H groups in total. The van der Waals surface area contributed by atoms with Crippen LogP contribution in [0.15, 0.2) is 6.20 Å². The van der Waals surface area contributed by atoms with Gasteiger partial charge in [0.1, 0.15) is 5.69 Å². The van der Waals surface area contributed by atoms with Gasteiger partial charge in [0.2, 0.25) is 0 Å². The molecular weight excluding hydrogens is 274 g/mol. The number of hydrogen-bond acceptors (Lipinski definition) is 4. The molecule has 5 nitrogen and oxygen atoms in total. The molecule has 2 aromatic heterocycles. The molecule has 0 aliphatic heterocycles. The van der Waals surface area contributed by atoms with E-state index in [1.165, 1.54) is 11.3 Å². The van der Waals surface area contributed by atoms with E-state index in [4.69, 9.17) is 0 Å². The maximum absolute atomic E-state index is 12.3. The van der Waals surface area contributed by atoms with Crippen molar-refractivity contribution in [3.8, 4) is 0 Å². The molecule has 0 saturated heterocycles. The predicted octanol–water partition coefficient (Wildman–Crippen LogP) is 2.86. The largest absolute Gasteiger partial charge is 0.354 e. The molecule has 1 amide bonds. The Morgan fingerprint density at radius 2 is 2.20 bits per heavy atom. The minimum Gasteiger partial charge on any atom is -0.354 e.